The van der Waals surface area contributed by atoms with Gasteiger partial charge >= 0.3 is 6.09 Å². The molecule has 1 aromatic carbocycles. The molecular weight excluding hydrogens is 290 g/mol. The molecule has 0 saturated carbocycles. The van der Waals surface area contributed by atoms with Crippen LogP contribution in [0.1, 0.15) is 51.0 Å². The standard InChI is InChI=1S/C18H25N3O2/c1-12-8-9-14-13(11-12)19-16(20(14)5)15-7-6-10-21(15)17(22)23-18(2,3)4/h8-9,11,15H,6-7,10H2,1-5H3. The zero-order chi connectivity index (χ0) is 16.8. The fraction of sp³-hybridized carbons (Fsp3) is 0.556. The highest BCUT2D eigenvalue weighted by atomic mass is 16.6. The van der Waals surface area contributed by atoms with Gasteiger partial charge in [-0.25, -0.2) is 9.78 Å². The first-order valence-electron chi connectivity index (χ1n) is 8.19. The molecule has 1 fully saturated rings. The number of ether oxygens (including phenoxy) is 1. The Bertz CT molecular complexity index is 743. The number of aryl methyl sites for hydroxylation is 2. The number of likely N-dealkylation sites (tertiary alicyclic amines) is 1. The number of fused-ring (bicyclic) bond motifs is 1. The minimum atomic E-state index is -0.478. The molecular formula is C18H25N3O2. The van der Waals surface area contributed by atoms with E-state index in [4.69, 9.17) is 9.72 Å². The van der Waals surface area contributed by atoms with Crippen molar-refractivity contribution in [2.24, 2.45) is 7.05 Å². The predicted octanol–water partition coefficient (Wildman–Crippen LogP) is 3.95. The summed E-state index contributed by atoms with van der Waals surface area (Å²) in [6, 6.07) is 6.26. The number of rotatable bonds is 1. The van der Waals surface area contributed by atoms with E-state index in [-0.39, 0.29) is 12.1 Å². The van der Waals surface area contributed by atoms with Gasteiger partial charge in [0.2, 0.25) is 0 Å². The monoisotopic (exact) mass is 315 g/mol. The predicted molar refractivity (Wildman–Crippen MR) is 90.4 cm³/mol. The molecule has 5 heteroatoms. The van der Waals surface area contributed by atoms with E-state index in [9.17, 15) is 4.79 Å². The second kappa shape index (κ2) is 5.55. The minimum absolute atomic E-state index is 0.0115. The third-order valence-electron chi connectivity index (χ3n) is 4.25. The summed E-state index contributed by atoms with van der Waals surface area (Å²) >= 11 is 0. The number of imidazole rings is 1. The van der Waals surface area contributed by atoms with Gasteiger partial charge in [-0.15, -0.1) is 0 Å². The minimum Gasteiger partial charge on any atom is -0.444 e. The van der Waals surface area contributed by atoms with E-state index >= 15 is 0 Å². The number of benzene rings is 1. The molecule has 5 nitrogen and oxygen atoms in total. The van der Waals surface area contributed by atoms with Crippen molar-refractivity contribution in [3.8, 4) is 0 Å². The maximum atomic E-state index is 12.5. The topological polar surface area (TPSA) is 47.4 Å². The SMILES string of the molecule is Cc1ccc2c(c1)nc(C1CCCN1C(=O)OC(C)(C)C)n2C. The smallest absolute Gasteiger partial charge is 0.410 e. The van der Waals surface area contributed by atoms with Gasteiger partial charge < -0.3 is 9.30 Å². The number of hydrogen-bond donors (Lipinski definition) is 0. The molecule has 0 N–H and O–H groups in total. The maximum Gasteiger partial charge on any atom is 0.410 e. The highest BCUT2D eigenvalue weighted by molar-refractivity contribution is 5.77. The lowest BCUT2D eigenvalue weighted by Crippen LogP contribution is -2.37. The summed E-state index contributed by atoms with van der Waals surface area (Å²) in [5.74, 6) is 0.939. The molecule has 23 heavy (non-hydrogen) atoms. The first-order chi connectivity index (χ1) is 10.8. The van der Waals surface area contributed by atoms with E-state index in [2.05, 4.69) is 29.7 Å². The second-order valence-corrected chi connectivity index (χ2v) is 7.35. The molecule has 1 aliphatic rings. The van der Waals surface area contributed by atoms with E-state index in [1.165, 1.54) is 5.56 Å². The molecule has 0 bridgehead atoms. The molecule has 2 heterocycles. The van der Waals surface area contributed by atoms with Crippen LogP contribution in [0.15, 0.2) is 18.2 Å². The van der Waals surface area contributed by atoms with Crippen LogP contribution < -0.4 is 0 Å². The Hall–Kier alpha value is -2.04. The lowest BCUT2D eigenvalue weighted by atomic mass is 10.2. The first kappa shape index (κ1) is 15.8. The van der Waals surface area contributed by atoms with Gasteiger partial charge in [-0.2, -0.15) is 0 Å². The van der Waals surface area contributed by atoms with Gasteiger partial charge in [0.05, 0.1) is 17.1 Å². The van der Waals surface area contributed by atoms with Crippen molar-refractivity contribution in [3.05, 3.63) is 29.6 Å². The number of carbonyl (C=O) groups is 1. The Morgan fingerprint density at radius 1 is 1.35 bits per heavy atom. The van der Waals surface area contributed by atoms with Crippen LogP contribution in [0.3, 0.4) is 0 Å². The fourth-order valence-electron chi connectivity index (χ4n) is 3.20. The van der Waals surface area contributed by atoms with Crippen molar-refractivity contribution in [2.75, 3.05) is 6.54 Å². The molecule has 0 radical (unpaired) electrons. The van der Waals surface area contributed by atoms with Crippen molar-refractivity contribution in [2.45, 2.75) is 52.2 Å². The maximum absolute atomic E-state index is 12.5. The van der Waals surface area contributed by atoms with Gasteiger partial charge in [0.25, 0.3) is 0 Å². The molecule has 0 spiro atoms. The molecule has 124 valence electrons. The zero-order valence-corrected chi connectivity index (χ0v) is 14.6. The molecule has 1 saturated heterocycles. The Morgan fingerprint density at radius 2 is 2.09 bits per heavy atom. The first-order valence-corrected chi connectivity index (χ1v) is 8.19. The quantitative estimate of drug-likeness (QED) is 0.800. The van der Waals surface area contributed by atoms with E-state index in [1.807, 2.05) is 32.7 Å². The number of hydrogen-bond acceptors (Lipinski definition) is 3. The van der Waals surface area contributed by atoms with Crippen LogP contribution in [0.2, 0.25) is 0 Å². The van der Waals surface area contributed by atoms with E-state index < -0.39 is 5.60 Å². The number of aromatic nitrogens is 2. The van der Waals surface area contributed by atoms with Crippen LogP contribution in [0.25, 0.3) is 11.0 Å². The third kappa shape index (κ3) is 3.05. The van der Waals surface area contributed by atoms with Crippen LogP contribution in [0, 0.1) is 6.92 Å². The molecule has 2 aromatic rings. The van der Waals surface area contributed by atoms with Crippen LogP contribution in [0.4, 0.5) is 4.79 Å². The molecule has 1 unspecified atom stereocenters. The Balaban J connectivity index is 1.94. The zero-order valence-electron chi connectivity index (χ0n) is 14.6. The average Bonchev–Trinajstić information content (AvgIpc) is 3.01. The second-order valence-electron chi connectivity index (χ2n) is 7.35. The van der Waals surface area contributed by atoms with Gasteiger partial charge in [0, 0.05) is 13.6 Å². The highest BCUT2D eigenvalue weighted by Gasteiger charge is 2.35. The van der Waals surface area contributed by atoms with Crippen molar-refractivity contribution < 1.29 is 9.53 Å². The molecule has 1 aliphatic heterocycles. The lowest BCUT2D eigenvalue weighted by Gasteiger charge is -2.28. The van der Waals surface area contributed by atoms with Crippen molar-refractivity contribution in [1.82, 2.24) is 14.5 Å². The van der Waals surface area contributed by atoms with Gasteiger partial charge in [-0.3, -0.25) is 4.90 Å². The van der Waals surface area contributed by atoms with Gasteiger partial charge in [-0.1, -0.05) is 6.07 Å². The Labute approximate surface area is 137 Å². The molecule has 0 aliphatic carbocycles. The fourth-order valence-corrected chi connectivity index (χ4v) is 3.20. The summed E-state index contributed by atoms with van der Waals surface area (Å²) in [7, 11) is 2.02. The van der Waals surface area contributed by atoms with Crippen molar-refractivity contribution in [3.63, 3.8) is 0 Å². The van der Waals surface area contributed by atoms with E-state index in [0.717, 1.165) is 36.2 Å². The Kier molecular flexibility index (Phi) is 3.82. The average molecular weight is 315 g/mol. The summed E-state index contributed by atoms with van der Waals surface area (Å²) < 4.78 is 7.66. The van der Waals surface area contributed by atoms with Crippen LogP contribution in [0.5, 0.6) is 0 Å². The summed E-state index contributed by atoms with van der Waals surface area (Å²) in [5.41, 5.74) is 2.80. The lowest BCUT2D eigenvalue weighted by molar-refractivity contribution is 0.0216. The van der Waals surface area contributed by atoms with Gasteiger partial charge in [-0.05, 0) is 58.2 Å². The molecule has 1 amide bonds. The Morgan fingerprint density at radius 3 is 2.78 bits per heavy atom. The van der Waals surface area contributed by atoms with Crippen LogP contribution in [-0.2, 0) is 11.8 Å². The molecule has 1 aromatic heterocycles. The summed E-state index contributed by atoms with van der Waals surface area (Å²) in [5, 5.41) is 0. The molecule has 3 rings (SSSR count). The van der Waals surface area contributed by atoms with E-state index in [0.29, 0.717) is 0 Å². The summed E-state index contributed by atoms with van der Waals surface area (Å²) in [6.45, 7) is 8.48. The van der Waals surface area contributed by atoms with Crippen LogP contribution in [-0.4, -0.2) is 32.7 Å². The molecule has 1 atom stereocenters. The largest absolute Gasteiger partial charge is 0.444 e. The summed E-state index contributed by atoms with van der Waals surface area (Å²) in [6.07, 6.45) is 1.66. The highest BCUT2D eigenvalue weighted by Crippen LogP contribution is 2.34. The number of amides is 1. The number of nitrogens with zero attached hydrogens (tertiary/aromatic N) is 3. The third-order valence-corrected chi connectivity index (χ3v) is 4.25. The normalized spacial score (nSPS) is 18.7. The summed E-state index contributed by atoms with van der Waals surface area (Å²) in [4.78, 5) is 19.1. The van der Waals surface area contributed by atoms with Crippen molar-refractivity contribution in [1.29, 1.82) is 0 Å². The van der Waals surface area contributed by atoms with Gasteiger partial charge in [0.1, 0.15) is 11.4 Å². The van der Waals surface area contributed by atoms with Crippen molar-refractivity contribution >= 4 is 17.1 Å². The van der Waals surface area contributed by atoms with Gasteiger partial charge in [0.15, 0.2) is 0 Å². The number of carbonyl (C=O) groups excluding carboxylic acids is 1. The van der Waals surface area contributed by atoms with E-state index in [1.54, 1.807) is 0 Å². The van der Waals surface area contributed by atoms with Crippen LogP contribution >= 0.6 is 0 Å².